The van der Waals surface area contributed by atoms with Crippen LogP contribution in [0.1, 0.15) is 44.6 Å². The van der Waals surface area contributed by atoms with Crippen molar-refractivity contribution in [3.8, 4) is 0 Å². The second-order valence-electron chi connectivity index (χ2n) is 5.19. The normalized spacial score (nSPS) is 24.6. The minimum absolute atomic E-state index is 0.668. The van der Waals surface area contributed by atoms with Gasteiger partial charge in [-0.15, -0.1) is 0 Å². The SMILES string of the molecule is CCC1CCCC(Nc2cccc(Br)c2C)C1. The van der Waals surface area contributed by atoms with E-state index in [9.17, 15) is 0 Å². The number of benzene rings is 1. The summed E-state index contributed by atoms with van der Waals surface area (Å²) in [7, 11) is 0. The first-order valence-corrected chi connectivity index (χ1v) is 7.51. The number of hydrogen-bond donors (Lipinski definition) is 1. The zero-order valence-corrected chi connectivity index (χ0v) is 12.4. The molecule has 0 amide bonds. The molecule has 17 heavy (non-hydrogen) atoms. The maximum atomic E-state index is 3.72. The first-order chi connectivity index (χ1) is 8.20. The van der Waals surface area contributed by atoms with Gasteiger partial charge >= 0.3 is 0 Å². The molecule has 1 aliphatic carbocycles. The van der Waals surface area contributed by atoms with Crippen molar-refractivity contribution in [3.05, 3.63) is 28.2 Å². The molecule has 1 aromatic rings. The molecule has 0 radical (unpaired) electrons. The van der Waals surface area contributed by atoms with Gasteiger partial charge in [0.25, 0.3) is 0 Å². The molecule has 2 atom stereocenters. The average Bonchev–Trinajstić information content (AvgIpc) is 2.35. The minimum atomic E-state index is 0.668. The fourth-order valence-electron chi connectivity index (χ4n) is 2.78. The quantitative estimate of drug-likeness (QED) is 0.814. The minimum Gasteiger partial charge on any atom is -0.382 e. The number of anilines is 1. The van der Waals surface area contributed by atoms with Gasteiger partial charge in [-0.05, 0) is 43.4 Å². The largest absolute Gasteiger partial charge is 0.382 e. The van der Waals surface area contributed by atoms with Crippen molar-refractivity contribution in [2.45, 2.75) is 52.0 Å². The van der Waals surface area contributed by atoms with Crippen LogP contribution in [-0.4, -0.2) is 6.04 Å². The highest BCUT2D eigenvalue weighted by molar-refractivity contribution is 9.10. The lowest BCUT2D eigenvalue weighted by atomic mass is 9.84. The Morgan fingerprint density at radius 1 is 1.35 bits per heavy atom. The molecule has 0 saturated heterocycles. The second kappa shape index (κ2) is 5.90. The summed E-state index contributed by atoms with van der Waals surface area (Å²) >= 11 is 3.60. The molecule has 94 valence electrons. The summed E-state index contributed by atoms with van der Waals surface area (Å²) in [5, 5.41) is 3.72. The van der Waals surface area contributed by atoms with Gasteiger partial charge < -0.3 is 5.32 Å². The highest BCUT2D eigenvalue weighted by Crippen LogP contribution is 2.30. The van der Waals surface area contributed by atoms with Crippen molar-refractivity contribution >= 4 is 21.6 Å². The van der Waals surface area contributed by atoms with Crippen molar-refractivity contribution in [2.24, 2.45) is 5.92 Å². The van der Waals surface area contributed by atoms with Crippen LogP contribution < -0.4 is 5.32 Å². The smallest absolute Gasteiger partial charge is 0.0383 e. The maximum Gasteiger partial charge on any atom is 0.0383 e. The Morgan fingerprint density at radius 3 is 2.94 bits per heavy atom. The number of rotatable bonds is 3. The summed E-state index contributed by atoms with van der Waals surface area (Å²) < 4.78 is 1.20. The van der Waals surface area contributed by atoms with Gasteiger partial charge in [0.2, 0.25) is 0 Å². The van der Waals surface area contributed by atoms with Crippen LogP contribution in [0.15, 0.2) is 22.7 Å². The predicted molar refractivity (Wildman–Crippen MR) is 78.5 cm³/mol. The highest BCUT2D eigenvalue weighted by Gasteiger charge is 2.20. The van der Waals surface area contributed by atoms with Crippen molar-refractivity contribution in [2.75, 3.05) is 5.32 Å². The summed E-state index contributed by atoms with van der Waals surface area (Å²) in [5.74, 6) is 0.925. The molecule has 1 fully saturated rings. The third-order valence-electron chi connectivity index (χ3n) is 3.99. The Balaban J connectivity index is 2.02. The molecular formula is C15H22BrN. The fraction of sp³-hybridized carbons (Fsp3) is 0.600. The second-order valence-corrected chi connectivity index (χ2v) is 6.05. The standard InChI is InChI=1S/C15H22BrN/c1-3-12-6-4-7-13(10-12)17-15-9-5-8-14(16)11(15)2/h5,8-9,12-13,17H,3-4,6-7,10H2,1-2H3. The van der Waals surface area contributed by atoms with Gasteiger partial charge in [0.15, 0.2) is 0 Å². The van der Waals surface area contributed by atoms with Crippen molar-refractivity contribution in [1.82, 2.24) is 0 Å². The van der Waals surface area contributed by atoms with E-state index in [1.165, 1.54) is 47.8 Å². The molecule has 0 bridgehead atoms. The summed E-state index contributed by atoms with van der Waals surface area (Å²) in [6.45, 7) is 4.49. The monoisotopic (exact) mass is 295 g/mol. The Labute approximate surface area is 113 Å². The van der Waals surface area contributed by atoms with Crippen LogP contribution in [0.4, 0.5) is 5.69 Å². The molecule has 1 saturated carbocycles. The first kappa shape index (κ1) is 12.9. The molecule has 1 N–H and O–H groups in total. The number of nitrogens with one attached hydrogen (secondary N) is 1. The third kappa shape index (κ3) is 3.25. The van der Waals surface area contributed by atoms with E-state index in [-0.39, 0.29) is 0 Å². The lowest BCUT2D eigenvalue weighted by Gasteiger charge is -2.30. The topological polar surface area (TPSA) is 12.0 Å². The van der Waals surface area contributed by atoms with E-state index in [4.69, 9.17) is 0 Å². The fourth-order valence-corrected chi connectivity index (χ4v) is 3.14. The van der Waals surface area contributed by atoms with Crippen LogP contribution in [-0.2, 0) is 0 Å². The molecule has 2 heteroatoms. The van der Waals surface area contributed by atoms with Crippen molar-refractivity contribution in [1.29, 1.82) is 0 Å². The molecule has 2 rings (SSSR count). The Kier molecular flexibility index (Phi) is 4.49. The van der Waals surface area contributed by atoms with Crippen LogP contribution in [0, 0.1) is 12.8 Å². The van der Waals surface area contributed by atoms with E-state index in [2.05, 4.69) is 53.3 Å². The molecule has 1 nitrogen and oxygen atoms in total. The van der Waals surface area contributed by atoms with Gasteiger partial charge in [-0.2, -0.15) is 0 Å². The molecule has 1 aliphatic rings. The summed E-state index contributed by atoms with van der Waals surface area (Å²) in [6.07, 6.45) is 6.79. The van der Waals surface area contributed by atoms with E-state index >= 15 is 0 Å². The predicted octanol–water partition coefficient (Wildman–Crippen LogP) is 5.14. The number of hydrogen-bond acceptors (Lipinski definition) is 1. The van der Waals surface area contributed by atoms with Crippen LogP contribution in [0.5, 0.6) is 0 Å². The molecule has 0 heterocycles. The van der Waals surface area contributed by atoms with E-state index in [1.807, 2.05) is 0 Å². The molecule has 0 aromatic heterocycles. The van der Waals surface area contributed by atoms with E-state index in [1.54, 1.807) is 0 Å². The van der Waals surface area contributed by atoms with Crippen LogP contribution in [0.2, 0.25) is 0 Å². The third-order valence-corrected chi connectivity index (χ3v) is 4.85. The van der Waals surface area contributed by atoms with Crippen molar-refractivity contribution in [3.63, 3.8) is 0 Å². The maximum absolute atomic E-state index is 3.72. The van der Waals surface area contributed by atoms with Crippen LogP contribution in [0.25, 0.3) is 0 Å². The summed E-state index contributed by atoms with van der Waals surface area (Å²) in [5.41, 5.74) is 2.62. The molecule has 0 aliphatic heterocycles. The summed E-state index contributed by atoms with van der Waals surface area (Å²) in [6, 6.07) is 7.08. The van der Waals surface area contributed by atoms with Crippen LogP contribution in [0.3, 0.4) is 0 Å². The Hall–Kier alpha value is -0.500. The Morgan fingerprint density at radius 2 is 2.18 bits per heavy atom. The zero-order chi connectivity index (χ0) is 12.3. The molecule has 2 unspecified atom stereocenters. The van der Waals surface area contributed by atoms with Crippen LogP contribution >= 0.6 is 15.9 Å². The zero-order valence-electron chi connectivity index (χ0n) is 10.8. The molecule has 0 spiro atoms. The van der Waals surface area contributed by atoms with Gasteiger partial charge in [0, 0.05) is 16.2 Å². The molecular weight excluding hydrogens is 274 g/mol. The van der Waals surface area contributed by atoms with Gasteiger partial charge in [0.1, 0.15) is 0 Å². The lowest BCUT2D eigenvalue weighted by Crippen LogP contribution is -2.27. The van der Waals surface area contributed by atoms with E-state index < -0.39 is 0 Å². The van der Waals surface area contributed by atoms with Gasteiger partial charge in [-0.3, -0.25) is 0 Å². The highest BCUT2D eigenvalue weighted by atomic mass is 79.9. The Bertz CT molecular complexity index is 375. The first-order valence-electron chi connectivity index (χ1n) is 6.72. The van der Waals surface area contributed by atoms with Gasteiger partial charge in [0.05, 0.1) is 0 Å². The lowest BCUT2D eigenvalue weighted by molar-refractivity contribution is 0.327. The summed E-state index contributed by atoms with van der Waals surface area (Å²) in [4.78, 5) is 0. The average molecular weight is 296 g/mol. The van der Waals surface area contributed by atoms with Gasteiger partial charge in [-0.25, -0.2) is 0 Å². The van der Waals surface area contributed by atoms with E-state index in [0.29, 0.717) is 6.04 Å². The number of halogens is 1. The van der Waals surface area contributed by atoms with Gasteiger partial charge in [-0.1, -0.05) is 48.2 Å². The van der Waals surface area contributed by atoms with Crippen molar-refractivity contribution < 1.29 is 0 Å². The van der Waals surface area contributed by atoms with E-state index in [0.717, 1.165) is 5.92 Å². The molecule has 1 aromatic carbocycles.